The van der Waals surface area contributed by atoms with Crippen LogP contribution in [0.15, 0.2) is 0 Å². The van der Waals surface area contributed by atoms with Gasteiger partial charge in [-0.3, -0.25) is 4.79 Å². The molecule has 1 aliphatic rings. The summed E-state index contributed by atoms with van der Waals surface area (Å²) in [5.74, 6) is -0.645. The predicted molar refractivity (Wildman–Crippen MR) is 66.2 cm³/mol. The lowest BCUT2D eigenvalue weighted by atomic mass is 10.0. The molecule has 2 unspecified atom stereocenters. The van der Waals surface area contributed by atoms with Crippen LogP contribution in [0.25, 0.3) is 0 Å². The zero-order chi connectivity index (χ0) is 13.9. The van der Waals surface area contributed by atoms with Gasteiger partial charge in [-0.15, -0.1) is 0 Å². The number of amides is 1. The molecule has 0 aromatic heterocycles. The number of carbonyl (C=O) groups excluding carboxylic acids is 2. The van der Waals surface area contributed by atoms with Gasteiger partial charge in [-0.05, 0) is 27.8 Å². The first-order valence-electron chi connectivity index (χ1n) is 5.99. The number of rotatable bonds is 2. The van der Waals surface area contributed by atoms with Crippen LogP contribution in [0.5, 0.6) is 0 Å². The molecule has 2 atom stereocenters. The highest BCUT2D eigenvalue weighted by Gasteiger charge is 2.38. The number of hydrogen-bond acceptors (Lipinski definition) is 5. The Kier molecular flexibility index (Phi) is 4.56. The third-order valence-electron chi connectivity index (χ3n) is 2.71. The summed E-state index contributed by atoms with van der Waals surface area (Å²) in [4.78, 5) is 25.2. The first-order valence-corrected chi connectivity index (χ1v) is 5.99. The van der Waals surface area contributed by atoms with Gasteiger partial charge in [0.2, 0.25) is 0 Å². The molecule has 1 aliphatic heterocycles. The monoisotopic (exact) mass is 258 g/mol. The van der Waals surface area contributed by atoms with E-state index in [0.29, 0.717) is 13.1 Å². The zero-order valence-corrected chi connectivity index (χ0v) is 11.6. The molecular formula is C12H22N2O4. The van der Waals surface area contributed by atoms with E-state index in [2.05, 4.69) is 5.32 Å². The van der Waals surface area contributed by atoms with E-state index in [4.69, 9.17) is 9.47 Å². The molecule has 1 saturated heterocycles. The molecule has 0 spiro atoms. The number of nitrogens with one attached hydrogen (secondary N) is 1. The van der Waals surface area contributed by atoms with Crippen molar-refractivity contribution in [1.29, 1.82) is 0 Å². The molecule has 1 amide bonds. The van der Waals surface area contributed by atoms with Crippen molar-refractivity contribution in [2.24, 2.45) is 5.92 Å². The Morgan fingerprint density at radius 2 is 1.89 bits per heavy atom. The van der Waals surface area contributed by atoms with Gasteiger partial charge in [0, 0.05) is 13.1 Å². The Labute approximate surface area is 108 Å². The van der Waals surface area contributed by atoms with Crippen molar-refractivity contribution in [3.05, 3.63) is 0 Å². The summed E-state index contributed by atoms with van der Waals surface area (Å²) < 4.78 is 9.91. The number of ether oxygens (including phenoxy) is 2. The second kappa shape index (κ2) is 5.56. The van der Waals surface area contributed by atoms with E-state index in [1.165, 1.54) is 7.11 Å². The average Bonchev–Trinajstić information content (AvgIpc) is 2.55. The van der Waals surface area contributed by atoms with E-state index >= 15 is 0 Å². The van der Waals surface area contributed by atoms with Crippen molar-refractivity contribution in [2.75, 3.05) is 27.2 Å². The molecule has 6 nitrogen and oxygen atoms in total. The molecule has 0 radical (unpaired) electrons. The summed E-state index contributed by atoms with van der Waals surface area (Å²) in [5.41, 5.74) is -0.546. The van der Waals surface area contributed by atoms with E-state index in [0.717, 1.165) is 0 Å². The minimum absolute atomic E-state index is 0.266. The lowest BCUT2D eigenvalue weighted by Crippen LogP contribution is -2.45. The number of likely N-dealkylation sites (N-methyl/N-ethyl adjacent to an activating group) is 1. The largest absolute Gasteiger partial charge is 0.469 e. The van der Waals surface area contributed by atoms with Crippen LogP contribution in [0, 0.1) is 5.92 Å². The van der Waals surface area contributed by atoms with Gasteiger partial charge in [-0.25, -0.2) is 4.79 Å². The van der Waals surface area contributed by atoms with Gasteiger partial charge in [-0.2, -0.15) is 0 Å². The summed E-state index contributed by atoms with van der Waals surface area (Å²) >= 11 is 0. The second-order valence-electron chi connectivity index (χ2n) is 5.60. The summed E-state index contributed by atoms with van der Waals surface area (Å²) in [6.07, 6.45) is -0.503. The Hall–Kier alpha value is -1.30. The van der Waals surface area contributed by atoms with Crippen molar-refractivity contribution >= 4 is 12.1 Å². The number of esters is 1. The topological polar surface area (TPSA) is 67.9 Å². The molecule has 0 aromatic carbocycles. The highest BCUT2D eigenvalue weighted by atomic mass is 16.6. The summed E-state index contributed by atoms with van der Waals surface area (Å²) in [6.45, 7) is 6.58. The van der Waals surface area contributed by atoms with Gasteiger partial charge in [0.1, 0.15) is 5.60 Å². The van der Waals surface area contributed by atoms with Crippen LogP contribution < -0.4 is 5.32 Å². The molecule has 1 fully saturated rings. The third kappa shape index (κ3) is 4.18. The smallest absolute Gasteiger partial charge is 0.407 e. The van der Waals surface area contributed by atoms with E-state index in [-0.39, 0.29) is 17.9 Å². The van der Waals surface area contributed by atoms with Crippen LogP contribution in [-0.2, 0) is 14.3 Å². The number of carbonyl (C=O) groups is 2. The van der Waals surface area contributed by atoms with Gasteiger partial charge >= 0.3 is 12.1 Å². The van der Waals surface area contributed by atoms with Crippen LogP contribution in [-0.4, -0.2) is 55.9 Å². The molecule has 0 aliphatic carbocycles. The minimum Gasteiger partial charge on any atom is -0.469 e. The van der Waals surface area contributed by atoms with E-state index in [9.17, 15) is 9.59 Å². The standard InChI is InChI=1S/C12H22N2O4/c1-12(2,3)18-11(16)13-9-7-14(4)6-8(9)10(15)17-5/h8-9H,6-7H2,1-5H3,(H,13,16). The lowest BCUT2D eigenvalue weighted by Gasteiger charge is -2.23. The lowest BCUT2D eigenvalue weighted by molar-refractivity contribution is -0.145. The molecule has 1 N–H and O–H groups in total. The molecule has 1 rings (SSSR count). The maximum Gasteiger partial charge on any atom is 0.407 e. The number of alkyl carbamates (subject to hydrolysis) is 1. The van der Waals surface area contributed by atoms with Gasteiger partial charge < -0.3 is 19.7 Å². The number of likely N-dealkylation sites (tertiary alicyclic amines) is 1. The van der Waals surface area contributed by atoms with Crippen molar-refractivity contribution in [1.82, 2.24) is 10.2 Å². The number of methoxy groups -OCH3 is 1. The Morgan fingerprint density at radius 3 is 2.39 bits per heavy atom. The molecule has 0 saturated carbocycles. The quantitative estimate of drug-likeness (QED) is 0.735. The molecular weight excluding hydrogens is 236 g/mol. The van der Waals surface area contributed by atoms with E-state index in [1.807, 2.05) is 11.9 Å². The molecule has 0 bridgehead atoms. The first kappa shape index (κ1) is 14.8. The maximum absolute atomic E-state index is 11.7. The Bertz CT molecular complexity index is 325. The first-order chi connectivity index (χ1) is 8.23. The average molecular weight is 258 g/mol. The third-order valence-corrected chi connectivity index (χ3v) is 2.71. The number of nitrogens with zero attached hydrogens (tertiary/aromatic N) is 1. The van der Waals surface area contributed by atoms with E-state index < -0.39 is 11.7 Å². The van der Waals surface area contributed by atoms with E-state index in [1.54, 1.807) is 20.8 Å². The minimum atomic E-state index is -0.546. The molecule has 1 heterocycles. The normalized spacial score (nSPS) is 24.7. The zero-order valence-electron chi connectivity index (χ0n) is 11.6. The van der Waals surface area contributed by atoms with Gasteiger partial charge in [0.15, 0.2) is 0 Å². The highest BCUT2D eigenvalue weighted by Crippen LogP contribution is 2.17. The van der Waals surface area contributed by atoms with Crippen LogP contribution >= 0.6 is 0 Å². The van der Waals surface area contributed by atoms with Gasteiger partial charge in [-0.1, -0.05) is 0 Å². The summed E-state index contributed by atoms with van der Waals surface area (Å²) in [7, 11) is 3.25. The van der Waals surface area contributed by atoms with Crippen LogP contribution in [0.3, 0.4) is 0 Å². The Morgan fingerprint density at radius 1 is 1.28 bits per heavy atom. The molecule has 0 aromatic rings. The second-order valence-corrected chi connectivity index (χ2v) is 5.60. The van der Waals surface area contributed by atoms with Crippen LogP contribution in [0.2, 0.25) is 0 Å². The maximum atomic E-state index is 11.7. The van der Waals surface area contributed by atoms with Crippen LogP contribution in [0.4, 0.5) is 4.79 Å². The van der Waals surface area contributed by atoms with Crippen molar-refractivity contribution in [3.8, 4) is 0 Å². The fraction of sp³-hybridized carbons (Fsp3) is 0.833. The van der Waals surface area contributed by atoms with Crippen molar-refractivity contribution in [2.45, 2.75) is 32.4 Å². The highest BCUT2D eigenvalue weighted by molar-refractivity contribution is 5.76. The fourth-order valence-electron chi connectivity index (χ4n) is 2.00. The predicted octanol–water partition coefficient (Wildman–Crippen LogP) is 0.614. The SMILES string of the molecule is COC(=O)C1CN(C)CC1NC(=O)OC(C)(C)C. The van der Waals surface area contributed by atoms with Gasteiger partial charge in [0.25, 0.3) is 0 Å². The number of hydrogen-bond donors (Lipinski definition) is 1. The summed E-state index contributed by atoms with van der Waals surface area (Å²) in [6, 6.07) is -0.266. The van der Waals surface area contributed by atoms with Gasteiger partial charge in [0.05, 0.1) is 19.1 Å². The van der Waals surface area contributed by atoms with Crippen LogP contribution in [0.1, 0.15) is 20.8 Å². The molecule has 6 heteroatoms. The summed E-state index contributed by atoms with van der Waals surface area (Å²) in [5, 5.41) is 2.73. The molecule has 18 heavy (non-hydrogen) atoms. The van der Waals surface area contributed by atoms with Crippen molar-refractivity contribution in [3.63, 3.8) is 0 Å². The fourth-order valence-corrected chi connectivity index (χ4v) is 2.00. The Balaban J connectivity index is 2.59. The van der Waals surface area contributed by atoms with Crippen molar-refractivity contribution < 1.29 is 19.1 Å². The molecule has 104 valence electrons.